The normalized spacial score (nSPS) is 19.6. The van der Waals surface area contributed by atoms with Gasteiger partial charge >= 0.3 is 0 Å². The van der Waals surface area contributed by atoms with Crippen LogP contribution >= 0.6 is 0 Å². The fraction of sp³-hybridized carbons (Fsp3) is 0.933. The van der Waals surface area contributed by atoms with Gasteiger partial charge in [-0.1, -0.05) is 20.8 Å². The lowest BCUT2D eigenvalue weighted by molar-refractivity contribution is -0.125. The van der Waals surface area contributed by atoms with E-state index in [-0.39, 0.29) is 11.8 Å². The number of nitrogens with one attached hydrogen (secondary N) is 1. The predicted octanol–water partition coefficient (Wildman–Crippen LogP) is 1.56. The van der Waals surface area contributed by atoms with E-state index in [1.54, 1.807) is 0 Å². The third kappa shape index (κ3) is 5.11. The molecule has 0 saturated carbocycles. The molecule has 19 heavy (non-hydrogen) atoms. The van der Waals surface area contributed by atoms with Gasteiger partial charge in [0, 0.05) is 44.7 Å². The Morgan fingerprint density at radius 2 is 1.68 bits per heavy atom. The van der Waals surface area contributed by atoms with E-state index in [1.807, 2.05) is 0 Å². The quantitative estimate of drug-likeness (QED) is 0.762. The van der Waals surface area contributed by atoms with Crippen LogP contribution in [0.25, 0.3) is 0 Å². The average Bonchev–Trinajstić information content (AvgIpc) is 2.46. The van der Waals surface area contributed by atoms with Crippen molar-refractivity contribution in [3.05, 3.63) is 0 Å². The molecule has 0 spiro atoms. The van der Waals surface area contributed by atoms with Gasteiger partial charge in [-0.05, 0) is 26.3 Å². The number of amides is 1. The highest BCUT2D eigenvalue weighted by Crippen LogP contribution is 2.08. The van der Waals surface area contributed by atoms with Crippen LogP contribution in [-0.2, 0) is 4.79 Å². The van der Waals surface area contributed by atoms with Crippen LogP contribution in [0.2, 0.25) is 0 Å². The summed E-state index contributed by atoms with van der Waals surface area (Å²) < 4.78 is 0. The summed E-state index contributed by atoms with van der Waals surface area (Å²) >= 11 is 0. The van der Waals surface area contributed by atoms with Crippen molar-refractivity contribution in [3.8, 4) is 0 Å². The van der Waals surface area contributed by atoms with Crippen molar-refractivity contribution < 1.29 is 4.79 Å². The van der Waals surface area contributed by atoms with Gasteiger partial charge in [-0.2, -0.15) is 0 Å². The van der Waals surface area contributed by atoms with E-state index in [2.05, 4.69) is 42.8 Å². The Labute approximate surface area is 118 Å². The molecule has 112 valence electrons. The van der Waals surface area contributed by atoms with Gasteiger partial charge in [0.15, 0.2) is 0 Å². The fourth-order valence-electron chi connectivity index (χ4n) is 2.70. The topological polar surface area (TPSA) is 35.6 Å². The van der Waals surface area contributed by atoms with E-state index in [4.69, 9.17) is 0 Å². The van der Waals surface area contributed by atoms with Gasteiger partial charge in [-0.15, -0.1) is 0 Å². The number of piperazine rings is 1. The maximum absolute atomic E-state index is 12.0. The van der Waals surface area contributed by atoms with Gasteiger partial charge in [0.25, 0.3) is 0 Å². The van der Waals surface area contributed by atoms with Crippen LogP contribution in [0.5, 0.6) is 0 Å². The maximum Gasteiger partial charge on any atom is 0.223 e. The molecule has 4 nitrogen and oxygen atoms in total. The van der Waals surface area contributed by atoms with Crippen LogP contribution < -0.4 is 5.32 Å². The highest BCUT2D eigenvalue weighted by Gasteiger charge is 2.21. The van der Waals surface area contributed by atoms with Crippen molar-refractivity contribution in [2.45, 2.75) is 46.6 Å². The molecule has 0 unspecified atom stereocenters. The Morgan fingerprint density at radius 3 is 2.16 bits per heavy atom. The monoisotopic (exact) mass is 269 g/mol. The summed E-state index contributed by atoms with van der Waals surface area (Å²) in [5, 5.41) is 3.11. The van der Waals surface area contributed by atoms with Crippen LogP contribution in [0.15, 0.2) is 0 Å². The Balaban J connectivity index is 2.28. The SMILES string of the molecule is CCC(CC)C(=O)NC[C@H](C)N1CCN(CC)CC1. The summed E-state index contributed by atoms with van der Waals surface area (Å²) in [6.07, 6.45) is 1.87. The first-order chi connectivity index (χ1) is 9.12. The van der Waals surface area contributed by atoms with Crippen molar-refractivity contribution in [1.29, 1.82) is 0 Å². The molecule has 1 fully saturated rings. The lowest BCUT2D eigenvalue weighted by Crippen LogP contribution is -2.52. The van der Waals surface area contributed by atoms with Crippen LogP contribution in [0.3, 0.4) is 0 Å². The minimum Gasteiger partial charge on any atom is -0.354 e. The minimum absolute atomic E-state index is 0.184. The lowest BCUT2D eigenvalue weighted by atomic mass is 10.0. The number of rotatable bonds is 7. The lowest BCUT2D eigenvalue weighted by Gasteiger charge is -2.37. The summed E-state index contributed by atoms with van der Waals surface area (Å²) in [7, 11) is 0. The molecule has 0 radical (unpaired) electrons. The zero-order chi connectivity index (χ0) is 14.3. The minimum atomic E-state index is 0.184. The highest BCUT2D eigenvalue weighted by atomic mass is 16.1. The number of hydrogen-bond acceptors (Lipinski definition) is 3. The molecule has 1 atom stereocenters. The molecular formula is C15H31N3O. The van der Waals surface area contributed by atoms with Crippen molar-refractivity contribution in [3.63, 3.8) is 0 Å². The molecule has 1 rings (SSSR count). The molecule has 1 aliphatic rings. The number of carbonyl (C=O) groups excluding carboxylic acids is 1. The molecule has 0 aliphatic carbocycles. The van der Waals surface area contributed by atoms with Gasteiger partial charge in [0.1, 0.15) is 0 Å². The third-order valence-corrected chi connectivity index (χ3v) is 4.41. The largest absolute Gasteiger partial charge is 0.354 e. The summed E-state index contributed by atoms with van der Waals surface area (Å²) in [4.78, 5) is 16.9. The standard InChI is InChI=1S/C15H31N3O/c1-5-14(6-2)15(19)16-12-13(4)18-10-8-17(7-3)9-11-18/h13-14H,5-12H2,1-4H3,(H,16,19)/t13-/m0/s1. The fourth-order valence-corrected chi connectivity index (χ4v) is 2.70. The first-order valence-corrected chi connectivity index (χ1v) is 7.86. The van der Waals surface area contributed by atoms with Crippen LogP contribution in [-0.4, -0.2) is 61.0 Å². The molecule has 4 heteroatoms. The molecule has 0 aromatic carbocycles. The van der Waals surface area contributed by atoms with E-state index in [9.17, 15) is 4.79 Å². The highest BCUT2D eigenvalue weighted by molar-refractivity contribution is 5.78. The Hall–Kier alpha value is -0.610. The number of carbonyl (C=O) groups is 1. The molecule has 1 saturated heterocycles. The number of nitrogens with zero attached hydrogens (tertiary/aromatic N) is 2. The maximum atomic E-state index is 12.0. The molecule has 1 heterocycles. The Kier molecular flexibility index (Phi) is 7.39. The number of likely N-dealkylation sites (N-methyl/N-ethyl adjacent to an activating group) is 1. The average molecular weight is 269 g/mol. The van der Waals surface area contributed by atoms with Crippen molar-refractivity contribution in [2.24, 2.45) is 5.92 Å². The number of hydrogen-bond donors (Lipinski definition) is 1. The summed E-state index contributed by atoms with van der Waals surface area (Å²) in [6, 6.07) is 0.442. The van der Waals surface area contributed by atoms with E-state index < -0.39 is 0 Å². The summed E-state index contributed by atoms with van der Waals surface area (Å²) in [5.74, 6) is 0.410. The Bertz CT molecular complexity index is 258. The zero-order valence-corrected chi connectivity index (χ0v) is 13.1. The van der Waals surface area contributed by atoms with Crippen molar-refractivity contribution in [2.75, 3.05) is 39.3 Å². The van der Waals surface area contributed by atoms with Gasteiger partial charge in [-0.3, -0.25) is 9.69 Å². The first kappa shape index (κ1) is 16.4. The molecule has 1 amide bonds. The van der Waals surface area contributed by atoms with Gasteiger partial charge in [0.05, 0.1) is 0 Å². The zero-order valence-electron chi connectivity index (χ0n) is 13.1. The molecule has 1 N–H and O–H groups in total. The molecule has 0 aromatic heterocycles. The van der Waals surface area contributed by atoms with Gasteiger partial charge in [-0.25, -0.2) is 0 Å². The summed E-state index contributed by atoms with van der Waals surface area (Å²) in [6.45, 7) is 15.1. The molecule has 1 aliphatic heterocycles. The smallest absolute Gasteiger partial charge is 0.223 e. The Morgan fingerprint density at radius 1 is 1.11 bits per heavy atom. The third-order valence-electron chi connectivity index (χ3n) is 4.41. The van der Waals surface area contributed by atoms with Crippen molar-refractivity contribution in [1.82, 2.24) is 15.1 Å². The van der Waals surface area contributed by atoms with E-state index in [1.165, 1.54) is 0 Å². The summed E-state index contributed by atoms with van der Waals surface area (Å²) in [5.41, 5.74) is 0. The van der Waals surface area contributed by atoms with Crippen LogP contribution in [0.4, 0.5) is 0 Å². The van der Waals surface area contributed by atoms with Crippen molar-refractivity contribution >= 4 is 5.91 Å². The predicted molar refractivity (Wildman–Crippen MR) is 80.2 cm³/mol. The first-order valence-electron chi connectivity index (χ1n) is 7.86. The van der Waals surface area contributed by atoms with Gasteiger partial charge in [0.2, 0.25) is 5.91 Å². The second-order valence-corrected chi connectivity index (χ2v) is 5.58. The van der Waals surface area contributed by atoms with Crippen LogP contribution in [0, 0.1) is 5.92 Å². The van der Waals surface area contributed by atoms with E-state index in [0.29, 0.717) is 6.04 Å². The molecular weight excluding hydrogens is 238 g/mol. The van der Waals surface area contributed by atoms with Gasteiger partial charge < -0.3 is 10.2 Å². The second kappa shape index (κ2) is 8.54. The second-order valence-electron chi connectivity index (χ2n) is 5.58. The van der Waals surface area contributed by atoms with Crippen LogP contribution in [0.1, 0.15) is 40.5 Å². The molecule has 0 bridgehead atoms. The molecule has 0 aromatic rings. The van der Waals surface area contributed by atoms with E-state index in [0.717, 1.165) is 52.1 Å². The van der Waals surface area contributed by atoms with E-state index >= 15 is 0 Å².